The molecule has 0 amide bonds. The van der Waals surface area contributed by atoms with E-state index in [2.05, 4.69) is 26.7 Å². The summed E-state index contributed by atoms with van der Waals surface area (Å²) in [7, 11) is 0. The molecule has 1 saturated carbocycles. The van der Waals surface area contributed by atoms with Gasteiger partial charge in [0.15, 0.2) is 5.82 Å². The van der Waals surface area contributed by atoms with Crippen LogP contribution < -0.4 is 10.2 Å². The van der Waals surface area contributed by atoms with Crippen LogP contribution in [-0.4, -0.2) is 87.1 Å². The number of rotatable bonds is 11. The second-order valence-electron chi connectivity index (χ2n) is 11.7. The van der Waals surface area contributed by atoms with Gasteiger partial charge >= 0.3 is 0 Å². The number of aliphatic hydroxyl groups is 1. The highest BCUT2D eigenvalue weighted by atomic mass is 19.3. The number of benzene rings is 1. The first kappa shape index (κ1) is 29.3. The molecular formula is C30H41F2N7O2. The highest BCUT2D eigenvalue weighted by molar-refractivity contribution is 5.78. The van der Waals surface area contributed by atoms with Crippen LogP contribution >= 0.6 is 0 Å². The highest BCUT2D eigenvalue weighted by Gasteiger charge is 2.29. The molecule has 5 rings (SSSR count). The Kier molecular flexibility index (Phi) is 9.16. The van der Waals surface area contributed by atoms with E-state index in [0.717, 1.165) is 32.2 Å². The van der Waals surface area contributed by atoms with Crippen molar-refractivity contribution in [2.45, 2.75) is 57.6 Å². The van der Waals surface area contributed by atoms with Gasteiger partial charge < -0.3 is 20.1 Å². The molecule has 0 spiro atoms. The van der Waals surface area contributed by atoms with Crippen molar-refractivity contribution in [3.8, 4) is 5.82 Å². The van der Waals surface area contributed by atoms with Gasteiger partial charge in [0, 0.05) is 44.8 Å². The molecule has 41 heavy (non-hydrogen) atoms. The Hall–Kier alpha value is -3.15. The van der Waals surface area contributed by atoms with Crippen molar-refractivity contribution in [2.24, 2.45) is 5.92 Å². The fraction of sp³-hybridized carbons (Fsp3) is 0.567. The Morgan fingerprint density at radius 3 is 2.51 bits per heavy atom. The topological polar surface area (TPSA) is 91.6 Å². The van der Waals surface area contributed by atoms with Crippen LogP contribution in [-0.2, 0) is 4.74 Å². The van der Waals surface area contributed by atoms with Crippen molar-refractivity contribution in [2.75, 3.05) is 56.2 Å². The summed E-state index contributed by atoms with van der Waals surface area (Å²) in [5.41, 5.74) is 0.316. The Labute approximate surface area is 240 Å². The number of morpholine rings is 1. The number of halogens is 2. The minimum Gasteiger partial charge on any atom is -0.389 e. The number of fused-ring (bicyclic) bond motifs is 1. The monoisotopic (exact) mass is 569 g/mol. The van der Waals surface area contributed by atoms with Gasteiger partial charge in [-0.2, -0.15) is 9.97 Å². The maximum atomic E-state index is 14.1. The SMILES string of the molecule is C=CCN(CC(C)(C)O)[C@H]1CC[C@H](CNc2nc(N3CCOCC3)cc(-n3c(C(F)F)nc4ccccc43)n2)CC1. The molecule has 0 bridgehead atoms. The van der Waals surface area contributed by atoms with Gasteiger partial charge in [-0.1, -0.05) is 18.2 Å². The second-order valence-corrected chi connectivity index (χ2v) is 11.7. The van der Waals surface area contributed by atoms with Crippen molar-refractivity contribution < 1.29 is 18.6 Å². The average molecular weight is 570 g/mol. The highest BCUT2D eigenvalue weighted by Crippen LogP contribution is 2.31. The molecule has 1 aromatic carbocycles. The van der Waals surface area contributed by atoms with E-state index in [-0.39, 0.29) is 5.82 Å². The van der Waals surface area contributed by atoms with Gasteiger partial charge in [-0.15, -0.1) is 6.58 Å². The second kappa shape index (κ2) is 12.8. The average Bonchev–Trinajstić information content (AvgIpc) is 3.36. The molecule has 1 aliphatic heterocycles. The molecule has 2 N–H and O–H groups in total. The van der Waals surface area contributed by atoms with Gasteiger partial charge in [0.05, 0.1) is 29.8 Å². The lowest BCUT2D eigenvalue weighted by Crippen LogP contribution is -2.46. The standard InChI is InChI=1S/C30H41F2N7O2/c1-4-13-38(20-30(2,3)40)22-11-9-21(10-12-22)19-33-29-35-25(37-14-16-41-17-15-37)18-26(36-29)39-24-8-6-5-7-23(24)34-28(39)27(31)32/h4-8,18,21-22,27,40H,1,9-17,19-20H2,2-3H3,(H,33,35,36)/t21-,22-. The predicted octanol–water partition coefficient (Wildman–Crippen LogP) is 4.82. The van der Waals surface area contributed by atoms with Crippen LogP contribution in [0.1, 0.15) is 51.8 Å². The van der Waals surface area contributed by atoms with Crippen molar-refractivity contribution in [3.63, 3.8) is 0 Å². The fourth-order valence-corrected chi connectivity index (χ4v) is 5.96. The summed E-state index contributed by atoms with van der Waals surface area (Å²) in [5.74, 6) is 1.55. The molecule has 9 nitrogen and oxygen atoms in total. The zero-order valence-corrected chi connectivity index (χ0v) is 24.0. The van der Waals surface area contributed by atoms with Gasteiger partial charge in [-0.25, -0.2) is 13.8 Å². The van der Waals surface area contributed by atoms with Crippen LogP contribution in [0.5, 0.6) is 0 Å². The number of aromatic nitrogens is 4. The van der Waals surface area contributed by atoms with Gasteiger partial charge in [-0.3, -0.25) is 9.47 Å². The largest absolute Gasteiger partial charge is 0.389 e. The number of hydrogen-bond acceptors (Lipinski definition) is 8. The predicted molar refractivity (Wildman–Crippen MR) is 157 cm³/mol. The third kappa shape index (κ3) is 7.20. The van der Waals surface area contributed by atoms with E-state index >= 15 is 0 Å². The van der Waals surface area contributed by atoms with Crippen molar-refractivity contribution in [1.82, 2.24) is 24.4 Å². The first-order valence-corrected chi connectivity index (χ1v) is 14.5. The van der Waals surface area contributed by atoms with Gasteiger partial charge in [-0.05, 0) is 57.6 Å². The minimum absolute atomic E-state index is 0.336. The van der Waals surface area contributed by atoms with Crippen LogP contribution in [0.25, 0.3) is 16.9 Å². The lowest BCUT2D eigenvalue weighted by Gasteiger charge is -2.39. The summed E-state index contributed by atoms with van der Waals surface area (Å²) in [4.78, 5) is 18.1. The molecule has 3 aromatic rings. The van der Waals surface area contributed by atoms with Crippen LogP contribution in [0.2, 0.25) is 0 Å². The zero-order valence-electron chi connectivity index (χ0n) is 24.0. The Morgan fingerprint density at radius 1 is 1.12 bits per heavy atom. The lowest BCUT2D eigenvalue weighted by atomic mass is 9.85. The minimum atomic E-state index is -2.76. The van der Waals surface area contributed by atoms with Crippen molar-refractivity contribution >= 4 is 22.8 Å². The normalized spacial score (nSPS) is 20.2. The number of alkyl halides is 2. The molecule has 11 heteroatoms. The third-order valence-corrected chi connectivity index (χ3v) is 7.88. The van der Waals surface area contributed by atoms with E-state index in [9.17, 15) is 13.9 Å². The van der Waals surface area contributed by atoms with E-state index in [1.54, 1.807) is 24.3 Å². The molecule has 0 radical (unpaired) electrons. The van der Waals surface area contributed by atoms with E-state index in [1.807, 2.05) is 26.0 Å². The molecule has 2 aromatic heterocycles. The molecule has 222 valence electrons. The first-order chi connectivity index (χ1) is 19.7. The summed E-state index contributed by atoms with van der Waals surface area (Å²) in [6.07, 6.45) is 3.29. The lowest BCUT2D eigenvalue weighted by molar-refractivity contribution is 0.0163. The van der Waals surface area contributed by atoms with Gasteiger partial charge in [0.2, 0.25) is 5.95 Å². The van der Waals surface area contributed by atoms with E-state index in [4.69, 9.17) is 14.7 Å². The fourth-order valence-electron chi connectivity index (χ4n) is 5.96. The van der Waals surface area contributed by atoms with Crippen molar-refractivity contribution in [1.29, 1.82) is 0 Å². The number of ether oxygens (including phenoxy) is 1. The molecule has 0 atom stereocenters. The maximum absolute atomic E-state index is 14.1. The molecule has 3 heterocycles. The number of imidazole rings is 1. The van der Waals surface area contributed by atoms with Crippen molar-refractivity contribution in [3.05, 3.63) is 48.8 Å². The summed E-state index contributed by atoms with van der Waals surface area (Å²) in [5, 5.41) is 13.8. The quantitative estimate of drug-likeness (QED) is 0.318. The zero-order chi connectivity index (χ0) is 29.0. The van der Waals surface area contributed by atoms with Crippen LogP contribution in [0.15, 0.2) is 43.0 Å². The summed E-state index contributed by atoms with van der Waals surface area (Å²) in [6, 6.07) is 9.28. The molecular weight excluding hydrogens is 528 g/mol. The van der Waals surface area contributed by atoms with E-state index in [0.29, 0.717) is 80.0 Å². The van der Waals surface area contributed by atoms with Crippen LogP contribution in [0.4, 0.5) is 20.5 Å². The first-order valence-electron chi connectivity index (χ1n) is 14.5. The number of nitrogens with one attached hydrogen (secondary N) is 1. The summed E-state index contributed by atoms with van der Waals surface area (Å²) < 4.78 is 35.2. The number of hydrogen-bond donors (Lipinski definition) is 2. The van der Waals surface area contributed by atoms with Gasteiger partial charge in [0.1, 0.15) is 11.6 Å². The molecule has 1 aliphatic carbocycles. The Morgan fingerprint density at radius 2 is 1.83 bits per heavy atom. The number of anilines is 2. The van der Waals surface area contributed by atoms with E-state index in [1.165, 1.54) is 4.57 Å². The summed E-state index contributed by atoms with van der Waals surface area (Å²) in [6.45, 7) is 12.1. The molecule has 1 saturated heterocycles. The van der Waals surface area contributed by atoms with Crippen LogP contribution in [0.3, 0.4) is 0 Å². The molecule has 2 fully saturated rings. The number of para-hydroxylation sites is 2. The Bertz CT molecular complexity index is 1310. The smallest absolute Gasteiger partial charge is 0.296 e. The summed E-state index contributed by atoms with van der Waals surface area (Å²) >= 11 is 0. The number of nitrogens with zero attached hydrogens (tertiary/aromatic N) is 6. The van der Waals surface area contributed by atoms with E-state index < -0.39 is 12.0 Å². The third-order valence-electron chi connectivity index (χ3n) is 7.88. The molecule has 0 unspecified atom stereocenters. The molecule has 2 aliphatic rings. The Balaban J connectivity index is 1.35. The van der Waals surface area contributed by atoms with Gasteiger partial charge in [0.25, 0.3) is 6.43 Å². The van der Waals surface area contributed by atoms with Crippen LogP contribution in [0, 0.1) is 5.92 Å². The maximum Gasteiger partial charge on any atom is 0.296 e.